The summed E-state index contributed by atoms with van der Waals surface area (Å²) in [5.74, 6) is -0.785. The molecule has 0 amide bonds. The second-order valence-electron chi connectivity index (χ2n) is 3.89. The van der Waals surface area contributed by atoms with Crippen LogP contribution < -0.4 is 10.3 Å². The molecule has 19 heavy (non-hydrogen) atoms. The highest BCUT2D eigenvalue weighted by Crippen LogP contribution is 2.20. The minimum absolute atomic E-state index is 0.0666. The lowest BCUT2D eigenvalue weighted by atomic mass is 10.1. The van der Waals surface area contributed by atoms with Crippen LogP contribution in [-0.2, 0) is 6.54 Å². The quantitative estimate of drug-likeness (QED) is 0.886. The van der Waals surface area contributed by atoms with Gasteiger partial charge in [0.1, 0.15) is 11.3 Å². The summed E-state index contributed by atoms with van der Waals surface area (Å²) < 4.78 is 6.37. The molecule has 1 N–H and O–H groups in total. The van der Waals surface area contributed by atoms with Gasteiger partial charge in [-0.1, -0.05) is 6.07 Å². The Morgan fingerprint density at radius 1 is 1.42 bits per heavy atom. The Morgan fingerprint density at radius 2 is 2.21 bits per heavy atom. The van der Waals surface area contributed by atoms with Gasteiger partial charge in [-0.15, -0.1) is 0 Å². The molecule has 0 radical (unpaired) electrons. The summed E-state index contributed by atoms with van der Waals surface area (Å²) in [6, 6.07) is 6.12. The molecule has 0 aliphatic carbocycles. The standard InChI is InChI=1S/C13H12N2O4/c1-19-11-3-2-9(6-10(11)13(17)18)7-15-8-14-5-4-12(15)16/h2-6,8H,7H2,1H3,(H,17,18). The first-order valence-corrected chi connectivity index (χ1v) is 5.52. The van der Waals surface area contributed by atoms with E-state index in [1.165, 1.54) is 36.3 Å². The van der Waals surface area contributed by atoms with Crippen molar-refractivity contribution in [3.63, 3.8) is 0 Å². The van der Waals surface area contributed by atoms with E-state index in [-0.39, 0.29) is 23.4 Å². The molecule has 0 unspecified atom stereocenters. The van der Waals surface area contributed by atoms with Crippen molar-refractivity contribution in [1.82, 2.24) is 9.55 Å². The minimum atomic E-state index is -1.07. The number of methoxy groups -OCH3 is 1. The van der Waals surface area contributed by atoms with Gasteiger partial charge in [-0.3, -0.25) is 9.36 Å². The third-order valence-corrected chi connectivity index (χ3v) is 2.64. The molecule has 6 nitrogen and oxygen atoms in total. The van der Waals surface area contributed by atoms with Crippen LogP contribution in [0.5, 0.6) is 5.75 Å². The highest BCUT2D eigenvalue weighted by atomic mass is 16.5. The zero-order valence-corrected chi connectivity index (χ0v) is 10.2. The molecule has 2 aromatic rings. The molecule has 98 valence electrons. The lowest BCUT2D eigenvalue weighted by Crippen LogP contribution is -2.19. The second kappa shape index (κ2) is 5.34. The Bertz CT molecular complexity index is 664. The Morgan fingerprint density at radius 3 is 2.84 bits per heavy atom. The van der Waals surface area contributed by atoms with Crippen LogP contribution >= 0.6 is 0 Å². The largest absolute Gasteiger partial charge is 0.496 e. The van der Waals surface area contributed by atoms with Crippen molar-refractivity contribution < 1.29 is 14.6 Å². The van der Waals surface area contributed by atoms with E-state index in [9.17, 15) is 9.59 Å². The molecule has 1 aromatic heterocycles. The number of ether oxygens (including phenoxy) is 1. The van der Waals surface area contributed by atoms with Crippen LogP contribution in [0.25, 0.3) is 0 Å². The minimum Gasteiger partial charge on any atom is -0.496 e. The smallest absolute Gasteiger partial charge is 0.339 e. The summed E-state index contributed by atoms with van der Waals surface area (Å²) in [5.41, 5.74) is 0.563. The van der Waals surface area contributed by atoms with Crippen LogP contribution in [-0.4, -0.2) is 27.7 Å². The van der Waals surface area contributed by atoms with E-state index in [1.54, 1.807) is 12.1 Å². The van der Waals surface area contributed by atoms with Gasteiger partial charge in [-0.25, -0.2) is 9.78 Å². The van der Waals surface area contributed by atoms with Gasteiger partial charge in [0.2, 0.25) is 0 Å². The Labute approximate surface area is 108 Å². The van der Waals surface area contributed by atoms with Gasteiger partial charge in [-0.05, 0) is 17.7 Å². The number of carboxylic acid groups (broad SMARTS) is 1. The number of hydrogen-bond donors (Lipinski definition) is 1. The number of carbonyl (C=O) groups is 1. The second-order valence-corrected chi connectivity index (χ2v) is 3.89. The molecule has 6 heteroatoms. The topological polar surface area (TPSA) is 81.4 Å². The molecule has 0 aliphatic rings. The summed E-state index contributed by atoms with van der Waals surface area (Å²) in [7, 11) is 1.41. The van der Waals surface area contributed by atoms with E-state index in [0.29, 0.717) is 5.56 Å². The van der Waals surface area contributed by atoms with Crippen molar-refractivity contribution in [3.05, 3.63) is 58.3 Å². The van der Waals surface area contributed by atoms with Crippen molar-refractivity contribution in [2.24, 2.45) is 0 Å². The van der Waals surface area contributed by atoms with Crippen LogP contribution in [0, 0.1) is 0 Å². The predicted molar refractivity (Wildman–Crippen MR) is 67.6 cm³/mol. The summed E-state index contributed by atoms with van der Waals surface area (Å²) in [4.78, 5) is 26.5. The zero-order chi connectivity index (χ0) is 13.8. The molecule has 1 heterocycles. The monoisotopic (exact) mass is 260 g/mol. The fourth-order valence-corrected chi connectivity index (χ4v) is 1.71. The normalized spacial score (nSPS) is 10.2. The van der Waals surface area contributed by atoms with Gasteiger partial charge in [0.25, 0.3) is 5.56 Å². The van der Waals surface area contributed by atoms with Crippen LogP contribution in [0.15, 0.2) is 41.6 Å². The maximum absolute atomic E-state index is 11.5. The number of benzene rings is 1. The Kier molecular flexibility index (Phi) is 3.61. The van der Waals surface area contributed by atoms with E-state index in [4.69, 9.17) is 9.84 Å². The van der Waals surface area contributed by atoms with Crippen LogP contribution in [0.3, 0.4) is 0 Å². The molecule has 0 spiro atoms. The third-order valence-electron chi connectivity index (χ3n) is 2.64. The fraction of sp³-hybridized carbons (Fsp3) is 0.154. The maximum atomic E-state index is 11.5. The van der Waals surface area contributed by atoms with Crippen molar-refractivity contribution in [2.75, 3.05) is 7.11 Å². The van der Waals surface area contributed by atoms with E-state index in [2.05, 4.69) is 4.98 Å². The van der Waals surface area contributed by atoms with Gasteiger partial charge < -0.3 is 9.84 Å². The number of aromatic carboxylic acids is 1. The zero-order valence-electron chi connectivity index (χ0n) is 10.2. The van der Waals surface area contributed by atoms with E-state index in [0.717, 1.165) is 0 Å². The molecule has 0 saturated heterocycles. The van der Waals surface area contributed by atoms with Gasteiger partial charge in [0, 0.05) is 12.3 Å². The molecular weight excluding hydrogens is 248 g/mol. The van der Waals surface area contributed by atoms with Crippen LogP contribution in [0.2, 0.25) is 0 Å². The van der Waals surface area contributed by atoms with Crippen molar-refractivity contribution >= 4 is 5.97 Å². The molecule has 0 saturated carbocycles. The summed E-state index contributed by atoms with van der Waals surface area (Å²) >= 11 is 0. The third kappa shape index (κ3) is 2.79. The average molecular weight is 260 g/mol. The summed E-state index contributed by atoms with van der Waals surface area (Å²) in [5, 5.41) is 9.08. The fourth-order valence-electron chi connectivity index (χ4n) is 1.71. The van der Waals surface area contributed by atoms with Gasteiger partial charge in [-0.2, -0.15) is 0 Å². The highest BCUT2D eigenvalue weighted by Gasteiger charge is 2.11. The van der Waals surface area contributed by atoms with Gasteiger partial charge in [0.05, 0.1) is 20.0 Å². The number of nitrogens with zero attached hydrogens (tertiary/aromatic N) is 2. The number of aromatic nitrogens is 2. The summed E-state index contributed by atoms with van der Waals surface area (Å²) in [6.07, 6.45) is 2.82. The van der Waals surface area contributed by atoms with E-state index >= 15 is 0 Å². The van der Waals surface area contributed by atoms with Gasteiger partial charge >= 0.3 is 5.97 Å². The number of carboxylic acids is 1. The number of rotatable bonds is 4. The lowest BCUT2D eigenvalue weighted by Gasteiger charge is -2.08. The van der Waals surface area contributed by atoms with Crippen molar-refractivity contribution in [3.8, 4) is 5.75 Å². The van der Waals surface area contributed by atoms with Crippen LogP contribution in [0.4, 0.5) is 0 Å². The highest BCUT2D eigenvalue weighted by molar-refractivity contribution is 5.91. The first-order valence-electron chi connectivity index (χ1n) is 5.52. The molecular formula is C13H12N2O4. The number of hydrogen-bond acceptors (Lipinski definition) is 4. The maximum Gasteiger partial charge on any atom is 0.339 e. The molecule has 0 fully saturated rings. The van der Waals surface area contributed by atoms with Crippen LogP contribution in [0.1, 0.15) is 15.9 Å². The Balaban J connectivity index is 2.37. The van der Waals surface area contributed by atoms with Gasteiger partial charge in [0.15, 0.2) is 0 Å². The molecule has 0 bridgehead atoms. The summed E-state index contributed by atoms with van der Waals surface area (Å²) in [6.45, 7) is 0.261. The predicted octanol–water partition coefficient (Wildman–Crippen LogP) is 0.998. The Hall–Kier alpha value is -2.63. The molecule has 2 rings (SSSR count). The van der Waals surface area contributed by atoms with Crippen molar-refractivity contribution in [1.29, 1.82) is 0 Å². The molecule has 1 aromatic carbocycles. The first kappa shape index (κ1) is 12.8. The van der Waals surface area contributed by atoms with E-state index in [1.807, 2.05) is 0 Å². The van der Waals surface area contributed by atoms with Crippen molar-refractivity contribution in [2.45, 2.75) is 6.54 Å². The first-order chi connectivity index (χ1) is 9.11. The molecule has 0 aliphatic heterocycles. The lowest BCUT2D eigenvalue weighted by molar-refractivity contribution is 0.0693. The van der Waals surface area contributed by atoms with E-state index < -0.39 is 5.97 Å². The molecule has 0 atom stereocenters. The SMILES string of the molecule is COc1ccc(Cn2cnccc2=O)cc1C(=O)O. The average Bonchev–Trinajstić information content (AvgIpc) is 2.41.